The molecule has 1 unspecified atom stereocenters. The number of rotatable bonds is 5. The van der Waals surface area contributed by atoms with Crippen LogP contribution in [-0.4, -0.2) is 17.2 Å². The first-order valence-corrected chi connectivity index (χ1v) is 9.10. The van der Waals surface area contributed by atoms with Crippen LogP contribution in [0.15, 0.2) is 46.3 Å². The Kier molecular flexibility index (Phi) is 4.28. The van der Waals surface area contributed by atoms with Gasteiger partial charge in [0.1, 0.15) is 17.5 Å². The maximum absolute atomic E-state index is 11.9. The molecule has 6 heteroatoms. The molecule has 0 radical (unpaired) electrons. The van der Waals surface area contributed by atoms with Gasteiger partial charge < -0.3 is 14.6 Å². The van der Waals surface area contributed by atoms with Crippen LogP contribution in [0, 0.1) is 0 Å². The van der Waals surface area contributed by atoms with Crippen molar-refractivity contribution in [1.29, 1.82) is 0 Å². The highest BCUT2D eigenvalue weighted by Gasteiger charge is 2.20. The molecule has 3 aromatic rings. The summed E-state index contributed by atoms with van der Waals surface area (Å²) < 4.78 is 11.2. The van der Waals surface area contributed by atoms with Gasteiger partial charge in [-0.15, -0.1) is 11.3 Å². The molecule has 2 aromatic heterocycles. The van der Waals surface area contributed by atoms with Crippen molar-refractivity contribution in [2.45, 2.75) is 32.4 Å². The van der Waals surface area contributed by atoms with Crippen LogP contribution in [0.4, 0.5) is 0 Å². The topological polar surface area (TPSA) is 64.4 Å². The zero-order chi connectivity index (χ0) is 17.2. The van der Waals surface area contributed by atoms with Gasteiger partial charge in [-0.1, -0.05) is 11.2 Å². The molecule has 3 heterocycles. The van der Waals surface area contributed by atoms with E-state index in [1.807, 2.05) is 35.7 Å². The summed E-state index contributed by atoms with van der Waals surface area (Å²) >= 11 is 1.58. The van der Waals surface area contributed by atoms with Crippen molar-refractivity contribution in [3.63, 3.8) is 0 Å². The highest BCUT2D eigenvalue weighted by Crippen LogP contribution is 2.33. The van der Waals surface area contributed by atoms with Crippen molar-refractivity contribution in [3.05, 3.63) is 57.9 Å². The molecule has 1 N–H and O–H groups in total. The second-order valence-corrected chi connectivity index (χ2v) is 7.20. The van der Waals surface area contributed by atoms with Gasteiger partial charge >= 0.3 is 0 Å². The summed E-state index contributed by atoms with van der Waals surface area (Å²) in [6, 6.07) is 11.8. The molecule has 0 fully saturated rings. The predicted molar refractivity (Wildman–Crippen MR) is 95.6 cm³/mol. The van der Waals surface area contributed by atoms with Gasteiger partial charge in [-0.3, -0.25) is 4.79 Å². The number of ether oxygens (including phenoxy) is 1. The summed E-state index contributed by atoms with van der Waals surface area (Å²) in [6.45, 7) is 2.42. The number of hydrogen-bond acceptors (Lipinski definition) is 5. The SMILES string of the molecule is CC1Cc2cc(-c3cc(CNC(=O)Cc4cccs4)no3)ccc2O1. The van der Waals surface area contributed by atoms with Crippen LogP contribution >= 0.6 is 11.3 Å². The number of fused-ring (bicyclic) bond motifs is 1. The number of thiophene rings is 1. The van der Waals surface area contributed by atoms with Gasteiger partial charge in [0.25, 0.3) is 0 Å². The molecule has 128 valence electrons. The van der Waals surface area contributed by atoms with Gasteiger partial charge in [-0.25, -0.2) is 0 Å². The zero-order valence-corrected chi connectivity index (χ0v) is 14.6. The second-order valence-electron chi connectivity index (χ2n) is 6.17. The third-order valence-electron chi connectivity index (χ3n) is 4.12. The predicted octanol–water partition coefficient (Wildman–Crippen LogP) is 3.59. The summed E-state index contributed by atoms with van der Waals surface area (Å²) in [5.74, 6) is 1.62. The normalized spacial score (nSPS) is 15.6. The highest BCUT2D eigenvalue weighted by atomic mass is 32.1. The minimum Gasteiger partial charge on any atom is -0.490 e. The lowest BCUT2D eigenvalue weighted by Gasteiger charge is -2.02. The fraction of sp³-hybridized carbons (Fsp3) is 0.263. The Labute approximate surface area is 149 Å². The second kappa shape index (κ2) is 6.72. The first kappa shape index (κ1) is 15.9. The molecule has 1 amide bonds. The molecule has 0 saturated carbocycles. The largest absolute Gasteiger partial charge is 0.490 e. The number of hydrogen-bond donors (Lipinski definition) is 1. The van der Waals surface area contributed by atoms with Crippen molar-refractivity contribution < 1.29 is 14.1 Å². The van der Waals surface area contributed by atoms with Gasteiger partial charge in [0.15, 0.2) is 5.76 Å². The van der Waals surface area contributed by atoms with Gasteiger partial charge in [0, 0.05) is 22.9 Å². The number of aromatic nitrogens is 1. The standard InChI is InChI=1S/C19H18N2O3S/c1-12-7-14-8-13(4-5-17(14)23-12)18-9-15(21-24-18)11-20-19(22)10-16-3-2-6-25-16/h2-6,8-9,12H,7,10-11H2,1H3,(H,20,22). The van der Waals surface area contributed by atoms with Crippen molar-refractivity contribution in [1.82, 2.24) is 10.5 Å². The smallest absolute Gasteiger partial charge is 0.225 e. The molecule has 25 heavy (non-hydrogen) atoms. The minimum atomic E-state index is -0.0179. The van der Waals surface area contributed by atoms with Gasteiger partial charge in [0.2, 0.25) is 5.91 Å². The van der Waals surface area contributed by atoms with E-state index >= 15 is 0 Å². The number of carbonyl (C=O) groups excluding carboxylic acids is 1. The summed E-state index contributed by atoms with van der Waals surface area (Å²) in [7, 11) is 0. The lowest BCUT2D eigenvalue weighted by atomic mass is 10.1. The number of nitrogens with one attached hydrogen (secondary N) is 1. The Morgan fingerprint density at radius 3 is 3.12 bits per heavy atom. The van der Waals surface area contributed by atoms with E-state index in [2.05, 4.69) is 23.5 Å². The minimum absolute atomic E-state index is 0.0179. The van der Waals surface area contributed by atoms with Crippen LogP contribution < -0.4 is 10.1 Å². The summed E-state index contributed by atoms with van der Waals surface area (Å²) in [4.78, 5) is 13.0. The Hall–Kier alpha value is -2.60. The van der Waals surface area contributed by atoms with E-state index in [1.54, 1.807) is 11.3 Å². The Morgan fingerprint density at radius 2 is 2.28 bits per heavy atom. The van der Waals surface area contributed by atoms with Crippen LogP contribution in [0.5, 0.6) is 5.75 Å². The Morgan fingerprint density at radius 1 is 1.36 bits per heavy atom. The molecule has 0 saturated heterocycles. The van der Waals surface area contributed by atoms with Crippen LogP contribution in [0.1, 0.15) is 23.1 Å². The molecule has 4 rings (SSSR count). The quantitative estimate of drug-likeness (QED) is 0.760. The van der Waals surface area contributed by atoms with E-state index in [0.717, 1.165) is 22.6 Å². The maximum atomic E-state index is 11.9. The third kappa shape index (κ3) is 3.58. The molecule has 0 aliphatic carbocycles. The molecule has 0 spiro atoms. The summed E-state index contributed by atoms with van der Waals surface area (Å²) in [5.41, 5.74) is 2.87. The first-order chi connectivity index (χ1) is 12.2. The lowest BCUT2D eigenvalue weighted by molar-refractivity contribution is -0.120. The molecular formula is C19H18N2O3S. The van der Waals surface area contributed by atoms with Crippen LogP contribution in [0.3, 0.4) is 0 Å². The first-order valence-electron chi connectivity index (χ1n) is 8.22. The van der Waals surface area contributed by atoms with E-state index in [0.29, 0.717) is 24.4 Å². The van der Waals surface area contributed by atoms with Crippen LogP contribution in [-0.2, 0) is 24.2 Å². The molecule has 1 atom stereocenters. The molecule has 5 nitrogen and oxygen atoms in total. The van der Waals surface area contributed by atoms with E-state index in [9.17, 15) is 4.79 Å². The van der Waals surface area contributed by atoms with Gasteiger partial charge in [-0.2, -0.15) is 0 Å². The number of carbonyl (C=O) groups is 1. The van der Waals surface area contributed by atoms with Gasteiger partial charge in [0.05, 0.1) is 13.0 Å². The van der Waals surface area contributed by atoms with E-state index in [4.69, 9.17) is 9.26 Å². The Bertz CT molecular complexity index is 886. The fourth-order valence-electron chi connectivity index (χ4n) is 2.93. The third-order valence-corrected chi connectivity index (χ3v) is 5.00. The van der Waals surface area contributed by atoms with E-state index < -0.39 is 0 Å². The number of benzene rings is 1. The molecule has 1 aliphatic heterocycles. The van der Waals surface area contributed by atoms with E-state index in [-0.39, 0.29) is 12.0 Å². The lowest BCUT2D eigenvalue weighted by Crippen LogP contribution is -2.24. The maximum Gasteiger partial charge on any atom is 0.225 e. The summed E-state index contributed by atoms with van der Waals surface area (Å²) in [5, 5.41) is 8.89. The monoisotopic (exact) mass is 354 g/mol. The molecule has 1 aliphatic rings. The molecular weight excluding hydrogens is 336 g/mol. The van der Waals surface area contributed by atoms with Crippen molar-refractivity contribution in [3.8, 4) is 17.1 Å². The summed E-state index contributed by atoms with van der Waals surface area (Å²) in [6.07, 6.45) is 1.52. The number of amides is 1. The fourth-order valence-corrected chi connectivity index (χ4v) is 3.63. The Balaban J connectivity index is 1.39. The van der Waals surface area contributed by atoms with Crippen molar-refractivity contribution in [2.75, 3.05) is 0 Å². The van der Waals surface area contributed by atoms with E-state index in [1.165, 1.54) is 5.56 Å². The van der Waals surface area contributed by atoms with Crippen molar-refractivity contribution >= 4 is 17.2 Å². The zero-order valence-electron chi connectivity index (χ0n) is 13.8. The van der Waals surface area contributed by atoms with Crippen LogP contribution in [0.2, 0.25) is 0 Å². The van der Waals surface area contributed by atoms with Crippen LogP contribution in [0.25, 0.3) is 11.3 Å². The van der Waals surface area contributed by atoms with Gasteiger partial charge in [-0.05, 0) is 42.1 Å². The van der Waals surface area contributed by atoms with Crippen molar-refractivity contribution in [2.24, 2.45) is 0 Å². The number of nitrogens with zero attached hydrogens (tertiary/aromatic N) is 1. The highest BCUT2D eigenvalue weighted by molar-refractivity contribution is 7.10. The molecule has 0 bridgehead atoms. The average molecular weight is 354 g/mol. The average Bonchev–Trinajstić information content (AvgIpc) is 3.32. The molecule has 1 aromatic carbocycles.